The Morgan fingerprint density at radius 3 is 2.74 bits per heavy atom. The predicted molar refractivity (Wildman–Crippen MR) is 67.8 cm³/mol. The van der Waals surface area contributed by atoms with E-state index in [1.54, 1.807) is 10.9 Å². The molecule has 0 aliphatic heterocycles. The van der Waals surface area contributed by atoms with Gasteiger partial charge in [-0.25, -0.2) is 14.8 Å². The van der Waals surface area contributed by atoms with Crippen molar-refractivity contribution in [3.63, 3.8) is 0 Å². The van der Waals surface area contributed by atoms with Crippen LogP contribution >= 0.6 is 0 Å². The van der Waals surface area contributed by atoms with Crippen LogP contribution in [-0.2, 0) is 6.54 Å². The largest absolute Gasteiger partial charge is 0.475 e. The van der Waals surface area contributed by atoms with E-state index >= 15 is 0 Å². The van der Waals surface area contributed by atoms with Gasteiger partial charge >= 0.3 is 5.97 Å². The van der Waals surface area contributed by atoms with E-state index in [-0.39, 0.29) is 5.82 Å². The maximum Gasteiger partial charge on any atom is 0.373 e. The van der Waals surface area contributed by atoms with E-state index in [4.69, 9.17) is 5.11 Å². The smallest absolute Gasteiger partial charge is 0.373 e. The van der Waals surface area contributed by atoms with Crippen LogP contribution in [0.3, 0.4) is 0 Å². The number of fused-ring (bicyclic) bond motifs is 1. The summed E-state index contributed by atoms with van der Waals surface area (Å²) in [4.78, 5) is 18.5. The summed E-state index contributed by atoms with van der Waals surface area (Å²) in [6, 6.07) is 9.87. The van der Waals surface area contributed by atoms with Crippen LogP contribution in [-0.4, -0.2) is 30.8 Å². The lowest BCUT2D eigenvalue weighted by Gasteiger charge is -1.99. The molecule has 0 fully saturated rings. The minimum Gasteiger partial charge on any atom is -0.475 e. The molecular formula is C13H10N4O2. The third-order valence-electron chi connectivity index (χ3n) is 2.68. The zero-order chi connectivity index (χ0) is 13.2. The van der Waals surface area contributed by atoms with Crippen LogP contribution in [0.1, 0.15) is 16.2 Å². The molecule has 2 heterocycles. The van der Waals surface area contributed by atoms with Gasteiger partial charge in [0.1, 0.15) is 11.0 Å². The Labute approximate surface area is 108 Å². The topological polar surface area (TPSA) is 80.9 Å². The number of carboxylic acids is 1. The van der Waals surface area contributed by atoms with E-state index in [9.17, 15) is 4.79 Å². The highest BCUT2D eigenvalue weighted by molar-refractivity contribution is 5.85. The number of hydrogen-bond donors (Lipinski definition) is 1. The Bertz CT molecular complexity index is 737. The summed E-state index contributed by atoms with van der Waals surface area (Å²) in [7, 11) is 0. The Balaban J connectivity index is 1.95. The molecule has 0 atom stereocenters. The lowest BCUT2D eigenvalue weighted by molar-refractivity contribution is 0.0684. The van der Waals surface area contributed by atoms with Gasteiger partial charge in [0.15, 0.2) is 0 Å². The van der Waals surface area contributed by atoms with Crippen molar-refractivity contribution in [3.05, 3.63) is 54.1 Å². The SMILES string of the molecule is O=C(O)c1ncc2nn(Cc3ccccc3)cc2n1. The minimum absolute atomic E-state index is 0.216. The fourth-order valence-electron chi connectivity index (χ4n) is 1.82. The number of rotatable bonds is 3. The second kappa shape index (κ2) is 4.49. The molecule has 3 rings (SSSR count). The van der Waals surface area contributed by atoms with Gasteiger partial charge in [-0.3, -0.25) is 4.68 Å². The fraction of sp³-hybridized carbons (Fsp3) is 0.0769. The average Bonchev–Trinajstić information content (AvgIpc) is 2.80. The van der Waals surface area contributed by atoms with E-state index in [1.165, 1.54) is 6.20 Å². The van der Waals surface area contributed by atoms with Crippen molar-refractivity contribution < 1.29 is 9.90 Å². The summed E-state index contributed by atoms with van der Waals surface area (Å²) in [6.45, 7) is 0.611. The van der Waals surface area contributed by atoms with E-state index in [0.717, 1.165) is 5.56 Å². The number of hydrogen-bond acceptors (Lipinski definition) is 4. The van der Waals surface area contributed by atoms with Gasteiger partial charge in [0.2, 0.25) is 5.82 Å². The molecule has 0 saturated heterocycles. The van der Waals surface area contributed by atoms with Crippen LogP contribution in [0, 0.1) is 0 Å². The van der Waals surface area contributed by atoms with Gasteiger partial charge in [-0.05, 0) is 5.56 Å². The molecule has 6 nitrogen and oxygen atoms in total. The molecule has 1 aromatic carbocycles. The highest BCUT2D eigenvalue weighted by Crippen LogP contribution is 2.10. The normalized spacial score (nSPS) is 10.7. The van der Waals surface area contributed by atoms with Crippen LogP contribution in [0.2, 0.25) is 0 Å². The number of carbonyl (C=O) groups is 1. The Hall–Kier alpha value is -2.76. The monoisotopic (exact) mass is 254 g/mol. The Morgan fingerprint density at radius 1 is 1.21 bits per heavy atom. The summed E-state index contributed by atoms with van der Waals surface area (Å²) in [5.41, 5.74) is 2.23. The summed E-state index contributed by atoms with van der Waals surface area (Å²) < 4.78 is 1.72. The van der Waals surface area contributed by atoms with Crippen molar-refractivity contribution in [2.75, 3.05) is 0 Å². The lowest BCUT2D eigenvalue weighted by Crippen LogP contribution is -2.02. The lowest BCUT2D eigenvalue weighted by atomic mass is 10.2. The van der Waals surface area contributed by atoms with Gasteiger partial charge in [0, 0.05) is 0 Å². The van der Waals surface area contributed by atoms with Crippen molar-refractivity contribution >= 4 is 17.0 Å². The van der Waals surface area contributed by atoms with Crippen molar-refractivity contribution in [1.82, 2.24) is 19.7 Å². The molecule has 1 N–H and O–H groups in total. The zero-order valence-corrected chi connectivity index (χ0v) is 9.89. The average molecular weight is 254 g/mol. The highest BCUT2D eigenvalue weighted by atomic mass is 16.4. The third-order valence-corrected chi connectivity index (χ3v) is 2.68. The van der Waals surface area contributed by atoms with Gasteiger partial charge in [-0.2, -0.15) is 5.10 Å². The summed E-state index contributed by atoms with van der Waals surface area (Å²) in [6.07, 6.45) is 3.14. The first-order valence-electron chi connectivity index (χ1n) is 5.70. The van der Waals surface area contributed by atoms with E-state index < -0.39 is 5.97 Å². The zero-order valence-electron chi connectivity index (χ0n) is 9.89. The van der Waals surface area contributed by atoms with E-state index in [2.05, 4.69) is 15.1 Å². The van der Waals surface area contributed by atoms with Crippen LogP contribution in [0.4, 0.5) is 0 Å². The Kier molecular flexibility index (Phi) is 2.68. The molecule has 0 aliphatic carbocycles. The third kappa shape index (κ3) is 2.28. The van der Waals surface area contributed by atoms with Crippen molar-refractivity contribution in [1.29, 1.82) is 0 Å². The maximum absolute atomic E-state index is 10.8. The number of nitrogens with zero attached hydrogens (tertiary/aromatic N) is 4. The molecule has 0 radical (unpaired) electrons. The van der Waals surface area contributed by atoms with Crippen molar-refractivity contribution in [2.24, 2.45) is 0 Å². The van der Waals surface area contributed by atoms with Crippen LogP contribution in [0.5, 0.6) is 0 Å². The first-order valence-corrected chi connectivity index (χ1v) is 5.70. The number of aromatic nitrogens is 4. The van der Waals surface area contributed by atoms with E-state index in [1.807, 2.05) is 30.3 Å². The molecule has 2 aromatic heterocycles. The van der Waals surface area contributed by atoms with Gasteiger partial charge in [-0.1, -0.05) is 30.3 Å². The van der Waals surface area contributed by atoms with Crippen molar-refractivity contribution in [3.8, 4) is 0 Å². The molecule has 0 bridgehead atoms. The molecule has 94 valence electrons. The molecule has 19 heavy (non-hydrogen) atoms. The van der Waals surface area contributed by atoms with Crippen LogP contribution in [0.25, 0.3) is 11.0 Å². The molecular weight excluding hydrogens is 244 g/mol. The molecule has 0 unspecified atom stereocenters. The van der Waals surface area contributed by atoms with Gasteiger partial charge in [-0.15, -0.1) is 0 Å². The molecule has 0 spiro atoms. The first kappa shape index (κ1) is 11.3. The van der Waals surface area contributed by atoms with E-state index in [0.29, 0.717) is 17.6 Å². The molecule has 0 saturated carbocycles. The molecule has 3 aromatic rings. The molecule has 0 aliphatic rings. The minimum atomic E-state index is -1.14. The van der Waals surface area contributed by atoms with Crippen molar-refractivity contribution in [2.45, 2.75) is 6.54 Å². The first-order chi connectivity index (χ1) is 9.22. The van der Waals surface area contributed by atoms with Gasteiger partial charge < -0.3 is 5.11 Å². The number of benzene rings is 1. The molecule has 6 heteroatoms. The molecule has 0 amide bonds. The predicted octanol–water partition coefficient (Wildman–Crippen LogP) is 1.57. The van der Waals surface area contributed by atoms with Gasteiger partial charge in [0.25, 0.3) is 0 Å². The standard InChI is InChI=1S/C13H10N4O2/c18-13(19)12-14-6-10-11(15-12)8-17(16-10)7-9-4-2-1-3-5-9/h1-6,8H,7H2,(H,18,19). The highest BCUT2D eigenvalue weighted by Gasteiger charge is 2.09. The fourth-order valence-corrected chi connectivity index (χ4v) is 1.82. The van der Waals surface area contributed by atoms with Crippen LogP contribution < -0.4 is 0 Å². The van der Waals surface area contributed by atoms with Crippen LogP contribution in [0.15, 0.2) is 42.7 Å². The number of aromatic carboxylic acids is 1. The second-order valence-electron chi connectivity index (χ2n) is 4.08. The number of carboxylic acid groups (broad SMARTS) is 1. The summed E-state index contributed by atoms with van der Waals surface area (Å²) in [5, 5.41) is 13.1. The van der Waals surface area contributed by atoms with Gasteiger partial charge in [0.05, 0.1) is 18.9 Å². The summed E-state index contributed by atoms with van der Waals surface area (Å²) >= 11 is 0. The maximum atomic E-state index is 10.8. The quantitative estimate of drug-likeness (QED) is 0.767. The summed E-state index contributed by atoms with van der Waals surface area (Å²) in [5.74, 6) is -1.36. The Morgan fingerprint density at radius 2 is 2.00 bits per heavy atom. The second-order valence-corrected chi connectivity index (χ2v) is 4.08.